The van der Waals surface area contributed by atoms with Gasteiger partial charge in [-0.1, -0.05) is 55.5 Å². The second kappa shape index (κ2) is 8.83. The van der Waals surface area contributed by atoms with Gasteiger partial charge in [-0.3, -0.25) is 14.9 Å². The van der Waals surface area contributed by atoms with Crippen LogP contribution in [0.1, 0.15) is 41.5 Å². The molecule has 0 fully saturated rings. The van der Waals surface area contributed by atoms with Gasteiger partial charge in [0.2, 0.25) is 0 Å². The summed E-state index contributed by atoms with van der Waals surface area (Å²) < 4.78 is 44.7. The average molecular weight is 474 g/mol. The van der Waals surface area contributed by atoms with E-state index in [1.807, 2.05) is 36.4 Å². The van der Waals surface area contributed by atoms with Crippen LogP contribution >= 0.6 is 11.8 Å². The van der Waals surface area contributed by atoms with Gasteiger partial charge < -0.3 is 4.74 Å². The maximum atomic E-state index is 13.9. The number of benzene rings is 2. The molecule has 0 amide bonds. The van der Waals surface area contributed by atoms with Crippen LogP contribution in [-0.4, -0.2) is 29.8 Å². The van der Waals surface area contributed by atoms with Gasteiger partial charge in [-0.15, -0.1) is 11.8 Å². The lowest BCUT2D eigenvalue weighted by Crippen LogP contribution is -2.57. The molecule has 0 radical (unpaired) electrons. The van der Waals surface area contributed by atoms with E-state index in [2.05, 4.69) is 5.32 Å². The highest BCUT2D eigenvalue weighted by Gasteiger charge is 2.53. The zero-order valence-corrected chi connectivity index (χ0v) is 18.8. The fourth-order valence-electron chi connectivity index (χ4n) is 4.26. The molecule has 1 aliphatic carbocycles. The monoisotopic (exact) mass is 473 g/mol. The highest BCUT2D eigenvalue weighted by atomic mass is 32.2. The third kappa shape index (κ3) is 4.13. The lowest BCUT2D eigenvalue weighted by Gasteiger charge is -2.36. The molecule has 1 N–H and O–H groups in total. The second-order valence-corrected chi connectivity index (χ2v) is 9.00. The van der Waals surface area contributed by atoms with E-state index in [9.17, 15) is 22.8 Å². The normalized spacial score (nSPS) is 22.8. The van der Waals surface area contributed by atoms with E-state index in [0.717, 1.165) is 23.3 Å². The second-order valence-electron chi connectivity index (χ2n) is 7.89. The van der Waals surface area contributed by atoms with Gasteiger partial charge in [0.15, 0.2) is 5.78 Å². The number of esters is 1. The minimum atomic E-state index is -4.52. The molecule has 3 atom stereocenters. The number of fused-ring (bicyclic) bond motifs is 1. The Morgan fingerprint density at radius 3 is 2.67 bits per heavy atom. The smallest absolute Gasteiger partial charge is 0.416 e. The van der Waals surface area contributed by atoms with Crippen LogP contribution in [0.4, 0.5) is 13.2 Å². The number of carbonyl (C=O) groups excluding carboxylic acids is 2. The molecule has 33 heavy (non-hydrogen) atoms. The van der Waals surface area contributed by atoms with Crippen molar-refractivity contribution in [1.82, 2.24) is 5.32 Å². The van der Waals surface area contributed by atoms with Gasteiger partial charge in [-0.05, 0) is 40.7 Å². The number of nitrogens with one attached hydrogen (secondary N) is 1. The molecule has 0 aromatic heterocycles. The van der Waals surface area contributed by atoms with Gasteiger partial charge >= 0.3 is 12.1 Å². The minimum absolute atomic E-state index is 0.177. The summed E-state index contributed by atoms with van der Waals surface area (Å²) in [5.74, 6) is -1.31. The maximum Gasteiger partial charge on any atom is 0.416 e. The molecule has 2 aromatic rings. The van der Waals surface area contributed by atoms with E-state index in [4.69, 9.17) is 4.74 Å². The van der Waals surface area contributed by atoms with E-state index >= 15 is 0 Å². The van der Waals surface area contributed by atoms with E-state index in [1.54, 1.807) is 12.3 Å². The van der Waals surface area contributed by atoms with Crippen molar-refractivity contribution in [3.8, 4) is 0 Å². The third-order valence-electron chi connectivity index (χ3n) is 5.97. The number of ether oxygens (including phenoxy) is 1. The number of thioether (sulfide) groups is 1. The van der Waals surface area contributed by atoms with Crippen LogP contribution in [0, 0.1) is 0 Å². The Balaban J connectivity index is 1.77. The zero-order valence-electron chi connectivity index (χ0n) is 18.0. The summed E-state index contributed by atoms with van der Waals surface area (Å²) in [5, 5.41) is 4.81. The summed E-state index contributed by atoms with van der Waals surface area (Å²) >= 11 is 1.18. The molecular weight excluding hydrogens is 451 g/mol. The fourth-order valence-corrected chi connectivity index (χ4v) is 5.58. The van der Waals surface area contributed by atoms with Gasteiger partial charge in [0, 0.05) is 11.5 Å². The van der Waals surface area contributed by atoms with E-state index in [-0.39, 0.29) is 16.9 Å². The molecule has 1 heterocycles. The first-order valence-electron chi connectivity index (χ1n) is 10.4. The standard InChI is InChI=1S/C25H22F3NO3S/c1-3-21(23(31)32-2)29-24(20-12-11-15-7-4-5-10-18(15)20)22(30)19(14-33-24)16-8-6-9-17(13-16)25(26,27)28/h4-14,20-21,29H,3H2,1-2H3. The Morgan fingerprint density at radius 1 is 1.21 bits per heavy atom. The first kappa shape index (κ1) is 23.3. The zero-order chi connectivity index (χ0) is 23.8. The van der Waals surface area contributed by atoms with Crippen LogP contribution in [0.25, 0.3) is 11.6 Å². The Kier molecular flexibility index (Phi) is 6.24. The summed E-state index contributed by atoms with van der Waals surface area (Å²) in [5.41, 5.74) is 1.40. The first-order chi connectivity index (χ1) is 15.7. The van der Waals surface area contributed by atoms with Gasteiger partial charge in [-0.25, -0.2) is 0 Å². The quantitative estimate of drug-likeness (QED) is 0.569. The SMILES string of the molecule is CCC(NC1(C2C=Cc3ccccc32)SC=C(c2cccc(C(F)(F)F)c2)C1=O)C(=O)OC. The summed E-state index contributed by atoms with van der Waals surface area (Å²) in [7, 11) is 1.28. The van der Waals surface area contributed by atoms with Crippen LogP contribution in [0.5, 0.6) is 0 Å². The molecule has 0 spiro atoms. The van der Waals surface area contributed by atoms with Gasteiger partial charge in [0.25, 0.3) is 0 Å². The van der Waals surface area contributed by atoms with Crippen molar-refractivity contribution in [3.05, 3.63) is 82.3 Å². The number of hydrogen-bond donors (Lipinski definition) is 1. The highest BCUT2D eigenvalue weighted by molar-refractivity contribution is 8.05. The summed E-state index contributed by atoms with van der Waals surface area (Å²) in [6.45, 7) is 1.80. The Bertz CT molecular complexity index is 1160. The molecule has 8 heteroatoms. The average Bonchev–Trinajstić information content (AvgIpc) is 3.38. The molecular formula is C25H22F3NO3S. The molecule has 0 bridgehead atoms. The number of alkyl halides is 3. The number of rotatable bonds is 6. The van der Waals surface area contributed by atoms with E-state index in [1.165, 1.54) is 31.0 Å². The number of ketones is 1. The van der Waals surface area contributed by atoms with Crippen molar-refractivity contribution in [2.45, 2.75) is 36.4 Å². The minimum Gasteiger partial charge on any atom is -0.468 e. The third-order valence-corrected chi connectivity index (χ3v) is 7.25. The molecule has 4 rings (SSSR count). The predicted molar refractivity (Wildman–Crippen MR) is 122 cm³/mol. The number of Topliss-reactive ketones (excluding diaryl/α,β-unsaturated/α-hetero) is 1. The van der Waals surface area contributed by atoms with Crippen molar-refractivity contribution in [2.75, 3.05) is 7.11 Å². The number of methoxy groups -OCH3 is 1. The van der Waals surface area contributed by atoms with Crippen LogP contribution in [0.15, 0.2) is 60.0 Å². The van der Waals surface area contributed by atoms with E-state index in [0.29, 0.717) is 6.42 Å². The van der Waals surface area contributed by atoms with Crippen molar-refractivity contribution >= 4 is 35.2 Å². The van der Waals surface area contributed by atoms with Crippen molar-refractivity contribution in [3.63, 3.8) is 0 Å². The predicted octanol–water partition coefficient (Wildman–Crippen LogP) is 5.41. The molecule has 3 unspecified atom stereocenters. The molecule has 0 saturated carbocycles. The molecule has 2 aliphatic rings. The lowest BCUT2D eigenvalue weighted by molar-refractivity contribution is -0.143. The summed E-state index contributed by atoms with van der Waals surface area (Å²) in [4.78, 5) is 25.0. The van der Waals surface area contributed by atoms with Crippen molar-refractivity contribution < 1.29 is 27.5 Å². The lowest BCUT2D eigenvalue weighted by atomic mass is 9.85. The van der Waals surface area contributed by atoms with E-state index < -0.39 is 34.5 Å². The number of carbonyl (C=O) groups is 2. The van der Waals surface area contributed by atoms with Gasteiger partial charge in [-0.2, -0.15) is 13.2 Å². The first-order valence-corrected chi connectivity index (χ1v) is 11.3. The van der Waals surface area contributed by atoms with Gasteiger partial charge in [0.05, 0.1) is 12.7 Å². The maximum absolute atomic E-state index is 13.9. The Labute approximate surface area is 193 Å². The number of halogens is 3. The fraction of sp³-hybridized carbons (Fsp3) is 0.280. The highest BCUT2D eigenvalue weighted by Crippen LogP contribution is 2.52. The molecule has 1 aliphatic heterocycles. The molecule has 4 nitrogen and oxygen atoms in total. The summed E-state index contributed by atoms with van der Waals surface area (Å²) in [6.07, 6.45) is -0.334. The van der Waals surface area contributed by atoms with Crippen LogP contribution in [0.3, 0.4) is 0 Å². The molecule has 0 saturated heterocycles. The molecule has 172 valence electrons. The Morgan fingerprint density at radius 2 is 1.97 bits per heavy atom. The Hall–Kier alpha value is -2.84. The van der Waals surface area contributed by atoms with Crippen LogP contribution in [0.2, 0.25) is 0 Å². The van der Waals surface area contributed by atoms with Crippen molar-refractivity contribution in [1.29, 1.82) is 0 Å². The van der Waals surface area contributed by atoms with Gasteiger partial charge in [0.1, 0.15) is 10.9 Å². The van der Waals surface area contributed by atoms with Crippen LogP contribution in [-0.2, 0) is 20.5 Å². The van der Waals surface area contributed by atoms with Crippen molar-refractivity contribution in [2.24, 2.45) is 0 Å². The number of hydrogen-bond acceptors (Lipinski definition) is 5. The van der Waals surface area contributed by atoms with Crippen LogP contribution < -0.4 is 5.32 Å². The summed E-state index contributed by atoms with van der Waals surface area (Å²) in [6, 6.07) is 11.6. The topological polar surface area (TPSA) is 55.4 Å². The molecule has 2 aromatic carbocycles. The largest absolute Gasteiger partial charge is 0.468 e.